The van der Waals surface area contributed by atoms with E-state index in [1.165, 1.54) is 11.6 Å². The second-order valence-corrected chi connectivity index (χ2v) is 8.41. The fourth-order valence-corrected chi connectivity index (χ4v) is 3.62. The monoisotopic (exact) mass is 471 g/mol. The summed E-state index contributed by atoms with van der Waals surface area (Å²) in [6.07, 6.45) is 3.20. The Morgan fingerprint density at radius 1 is 1.09 bits per heavy atom. The molecule has 0 saturated carbocycles. The molecule has 0 saturated heterocycles. The molecule has 4 aromatic rings. The summed E-state index contributed by atoms with van der Waals surface area (Å²) in [7, 11) is 1.56. The normalized spacial score (nSPS) is 11.2. The van der Waals surface area contributed by atoms with Crippen molar-refractivity contribution in [3.63, 3.8) is 0 Å². The highest BCUT2D eigenvalue weighted by Crippen LogP contribution is 2.31. The number of amides is 1. The van der Waals surface area contributed by atoms with Gasteiger partial charge >= 0.3 is 0 Å². The van der Waals surface area contributed by atoms with E-state index in [1.54, 1.807) is 19.3 Å². The third-order valence-corrected chi connectivity index (χ3v) is 5.46. The van der Waals surface area contributed by atoms with Crippen LogP contribution < -0.4 is 15.4 Å². The van der Waals surface area contributed by atoms with E-state index in [9.17, 15) is 4.79 Å². The number of carbonyl (C=O) groups is 1. The highest BCUT2D eigenvalue weighted by atomic mass is 32.1. The Kier molecular flexibility index (Phi) is 7.04. The summed E-state index contributed by atoms with van der Waals surface area (Å²) in [5.74, 6) is 1.17. The topological polar surface area (TPSA) is 76.4 Å². The van der Waals surface area contributed by atoms with E-state index in [1.807, 2.05) is 48.5 Å². The second-order valence-electron chi connectivity index (χ2n) is 8.00. The number of oxazole rings is 1. The molecular weight excluding hydrogens is 446 g/mol. The van der Waals surface area contributed by atoms with E-state index in [4.69, 9.17) is 21.4 Å². The Bertz CT molecular complexity index is 1320. The van der Waals surface area contributed by atoms with Crippen LogP contribution in [0.1, 0.15) is 30.9 Å². The maximum Gasteiger partial charge on any atom is 0.250 e. The van der Waals surface area contributed by atoms with Crippen LogP contribution in [0.25, 0.3) is 28.6 Å². The Morgan fingerprint density at radius 2 is 1.85 bits per heavy atom. The first-order valence-electron chi connectivity index (χ1n) is 10.9. The van der Waals surface area contributed by atoms with Gasteiger partial charge in [0.15, 0.2) is 10.7 Å². The van der Waals surface area contributed by atoms with E-state index in [2.05, 4.69) is 41.6 Å². The van der Waals surface area contributed by atoms with Crippen molar-refractivity contribution >= 4 is 46.1 Å². The first-order chi connectivity index (χ1) is 16.4. The van der Waals surface area contributed by atoms with E-state index in [0.717, 1.165) is 16.6 Å². The average Bonchev–Trinajstić information content (AvgIpc) is 3.27. The third kappa shape index (κ3) is 5.50. The van der Waals surface area contributed by atoms with Crippen molar-refractivity contribution in [3.8, 4) is 17.2 Å². The summed E-state index contributed by atoms with van der Waals surface area (Å²) in [5, 5.41) is 5.84. The Morgan fingerprint density at radius 3 is 2.56 bits per heavy atom. The van der Waals surface area contributed by atoms with Crippen molar-refractivity contribution in [3.05, 3.63) is 83.9 Å². The number of benzene rings is 3. The van der Waals surface area contributed by atoms with Gasteiger partial charge in [0.25, 0.3) is 0 Å². The van der Waals surface area contributed by atoms with Crippen LogP contribution in [0.3, 0.4) is 0 Å². The Hall–Kier alpha value is -3.97. The number of anilines is 1. The van der Waals surface area contributed by atoms with Crippen LogP contribution in [0, 0.1) is 0 Å². The van der Waals surface area contributed by atoms with Gasteiger partial charge in [0, 0.05) is 11.6 Å². The summed E-state index contributed by atoms with van der Waals surface area (Å²) in [6, 6.07) is 21.1. The van der Waals surface area contributed by atoms with Crippen LogP contribution >= 0.6 is 12.2 Å². The maximum atomic E-state index is 12.4. The Labute approximate surface area is 203 Å². The van der Waals surface area contributed by atoms with Crippen molar-refractivity contribution in [2.45, 2.75) is 19.8 Å². The van der Waals surface area contributed by atoms with Gasteiger partial charge in [0.2, 0.25) is 11.8 Å². The Balaban J connectivity index is 1.44. The lowest BCUT2D eigenvalue weighted by atomic mass is 10.0. The van der Waals surface area contributed by atoms with Gasteiger partial charge in [0.1, 0.15) is 11.3 Å². The van der Waals surface area contributed by atoms with Crippen LogP contribution in [0.5, 0.6) is 5.75 Å². The molecule has 0 atom stereocenters. The number of hydrogen-bond acceptors (Lipinski definition) is 5. The number of nitrogens with one attached hydrogen (secondary N) is 2. The molecule has 6 nitrogen and oxygen atoms in total. The highest BCUT2D eigenvalue weighted by molar-refractivity contribution is 7.80. The summed E-state index contributed by atoms with van der Waals surface area (Å²) in [5.41, 5.74) is 5.00. The predicted molar refractivity (Wildman–Crippen MR) is 140 cm³/mol. The van der Waals surface area contributed by atoms with Crippen LogP contribution in [0.2, 0.25) is 0 Å². The van der Waals surface area contributed by atoms with Gasteiger partial charge < -0.3 is 14.5 Å². The number of nitrogens with zero attached hydrogens (tertiary/aromatic N) is 1. The highest BCUT2D eigenvalue weighted by Gasteiger charge is 2.13. The summed E-state index contributed by atoms with van der Waals surface area (Å²) < 4.78 is 11.3. The number of hydrogen-bond donors (Lipinski definition) is 2. The standard InChI is InChI=1S/C27H25N3O3S/c1-17(2)19-11-8-18(9-12-19)10-15-25(31)30-27(34)29-22-16-20(13-14-23(22)32-3)26-28-21-6-4-5-7-24(21)33-26/h4-17H,1-3H3,(H2,29,30,31,34)/b15-10+. The van der Waals surface area contributed by atoms with E-state index in [0.29, 0.717) is 28.8 Å². The molecule has 2 N–H and O–H groups in total. The molecule has 0 aliphatic heterocycles. The molecule has 1 aromatic heterocycles. The fourth-order valence-electron chi connectivity index (χ4n) is 3.41. The lowest BCUT2D eigenvalue weighted by molar-refractivity contribution is -0.115. The number of fused-ring (bicyclic) bond motifs is 1. The van der Waals surface area contributed by atoms with Crippen LogP contribution in [-0.4, -0.2) is 23.1 Å². The van der Waals surface area contributed by atoms with Gasteiger partial charge in [0.05, 0.1) is 12.8 Å². The van der Waals surface area contributed by atoms with Crippen LogP contribution in [-0.2, 0) is 4.79 Å². The number of carbonyl (C=O) groups excluding carboxylic acids is 1. The number of aromatic nitrogens is 1. The van der Waals surface area contributed by atoms with Gasteiger partial charge in [-0.25, -0.2) is 4.98 Å². The zero-order chi connectivity index (χ0) is 24.1. The average molecular weight is 472 g/mol. The minimum absolute atomic E-state index is 0.151. The van der Waals surface area contributed by atoms with E-state index < -0.39 is 0 Å². The predicted octanol–water partition coefficient (Wildman–Crippen LogP) is 6.15. The molecule has 34 heavy (non-hydrogen) atoms. The first kappa shape index (κ1) is 23.2. The van der Waals surface area contributed by atoms with Crippen LogP contribution in [0.15, 0.2) is 77.2 Å². The molecule has 0 bridgehead atoms. The number of para-hydroxylation sites is 2. The molecule has 0 aliphatic rings. The quantitative estimate of drug-likeness (QED) is 0.259. The molecule has 172 valence electrons. The van der Waals surface area contributed by atoms with Gasteiger partial charge in [-0.15, -0.1) is 0 Å². The molecule has 1 amide bonds. The van der Waals surface area contributed by atoms with E-state index in [-0.39, 0.29) is 11.0 Å². The lowest BCUT2D eigenvalue weighted by Gasteiger charge is -2.13. The second kappa shape index (κ2) is 10.3. The molecule has 0 radical (unpaired) electrons. The summed E-state index contributed by atoms with van der Waals surface area (Å²) in [4.78, 5) is 16.9. The van der Waals surface area contributed by atoms with Gasteiger partial charge in [-0.2, -0.15) is 0 Å². The largest absolute Gasteiger partial charge is 0.495 e. The van der Waals surface area contributed by atoms with Crippen molar-refractivity contribution in [2.75, 3.05) is 12.4 Å². The van der Waals surface area contributed by atoms with Crippen molar-refractivity contribution < 1.29 is 13.9 Å². The molecule has 0 spiro atoms. The van der Waals surface area contributed by atoms with Crippen molar-refractivity contribution in [2.24, 2.45) is 0 Å². The van der Waals surface area contributed by atoms with Gasteiger partial charge in [-0.1, -0.05) is 50.2 Å². The molecule has 7 heteroatoms. The van der Waals surface area contributed by atoms with Gasteiger partial charge in [-0.05, 0) is 65.7 Å². The molecule has 4 rings (SSSR count). The van der Waals surface area contributed by atoms with Crippen molar-refractivity contribution in [1.82, 2.24) is 10.3 Å². The molecular formula is C27H25N3O3S. The molecule has 1 heterocycles. The molecule has 0 aliphatic carbocycles. The molecule has 3 aromatic carbocycles. The molecule has 0 fully saturated rings. The maximum absolute atomic E-state index is 12.4. The van der Waals surface area contributed by atoms with Crippen molar-refractivity contribution in [1.29, 1.82) is 0 Å². The minimum atomic E-state index is -0.334. The number of methoxy groups -OCH3 is 1. The molecule has 0 unspecified atom stereocenters. The summed E-state index contributed by atoms with van der Waals surface area (Å²) >= 11 is 5.34. The van der Waals surface area contributed by atoms with E-state index >= 15 is 0 Å². The number of rotatable bonds is 6. The fraction of sp³-hybridized carbons (Fsp3) is 0.148. The SMILES string of the molecule is COc1ccc(-c2nc3ccccc3o2)cc1NC(=S)NC(=O)/C=C/c1ccc(C(C)C)cc1. The smallest absolute Gasteiger partial charge is 0.250 e. The first-order valence-corrected chi connectivity index (χ1v) is 11.3. The lowest BCUT2D eigenvalue weighted by Crippen LogP contribution is -2.32. The zero-order valence-corrected chi connectivity index (χ0v) is 20.0. The minimum Gasteiger partial charge on any atom is -0.495 e. The third-order valence-electron chi connectivity index (χ3n) is 5.26. The summed E-state index contributed by atoms with van der Waals surface area (Å²) in [6.45, 7) is 4.29. The van der Waals surface area contributed by atoms with Gasteiger partial charge in [-0.3, -0.25) is 10.1 Å². The number of ether oxygens (including phenoxy) is 1. The number of thiocarbonyl (C=S) groups is 1. The zero-order valence-electron chi connectivity index (χ0n) is 19.2. The van der Waals surface area contributed by atoms with Crippen LogP contribution in [0.4, 0.5) is 5.69 Å².